The fraction of sp³-hybridized carbons (Fsp3) is 0.188. The van der Waals surface area contributed by atoms with Crippen molar-refractivity contribution in [3.63, 3.8) is 0 Å². The molecule has 0 bridgehead atoms. The normalized spacial score (nSPS) is 11.4. The topological polar surface area (TPSA) is 56.2 Å². The number of hydrogen-bond donors (Lipinski definition) is 0. The summed E-state index contributed by atoms with van der Waals surface area (Å²) in [5.74, 6) is 1.64. The summed E-state index contributed by atoms with van der Waals surface area (Å²) < 4.78 is 7.34. The molecule has 0 fully saturated rings. The molecule has 0 saturated heterocycles. The van der Waals surface area contributed by atoms with E-state index in [-0.39, 0.29) is 0 Å². The van der Waals surface area contributed by atoms with Crippen molar-refractivity contribution in [3.05, 3.63) is 52.7 Å². The molecule has 7 heteroatoms. The summed E-state index contributed by atoms with van der Waals surface area (Å²) in [6.45, 7) is 3.90. The van der Waals surface area contributed by atoms with Gasteiger partial charge in [0, 0.05) is 16.7 Å². The van der Waals surface area contributed by atoms with Crippen molar-refractivity contribution in [1.82, 2.24) is 19.8 Å². The molecule has 0 aliphatic heterocycles. The van der Waals surface area contributed by atoms with Gasteiger partial charge in [-0.25, -0.2) is 0 Å². The van der Waals surface area contributed by atoms with Crippen LogP contribution in [0.3, 0.4) is 0 Å². The van der Waals surface area contributed by atoms with Gasteiger partial charge in [0.15, 0.2) is 5.16 Å². The van der Waals surface area contributed by atoms with Gasteiger partial charge in [0.25, 0.3) is 0 Å². The molecule has 0 radical (unpaired) electrons. The smallest absolute Gasteiger partial charge is 0.217 e. The number of hydrogen-bond acceptors (Lipinski definition) is 6. The van der Waals surface area contributed by atoms with E-state index in [1.54, 1.807) is 23.1 Å². The van der Waals surface area contributed by atoms with E-state index in [2.05, 4.69) is 37.3 Å². The van der Waals surface area contributed by atoms with E-state index >= 15 is 0 Å². The van der Waals surface area contributed by atoms with E-state index in [4.69, 9.17) is 4.52 Å². The van der Waals surface area contributed by atoms with Crippen molar-refractivity contribution in [3.8, 4) is 11.3 Å². The first kappa shape index (κ1) is 14.5. The third kappa shape index (κ3) is 2.55. The molecule has 4 aromatic rings. The minimum absolute atomic E-state index is 0.770. The summed E-state index contributed by atoms with van der Waals surface area (Å²) >= 11 is 3.26. The highest BCUT2D eigenvalue weighted by Gasteiger charge is 2.16. The number of benzene rings is 1. The lowest BCUT2D eigenvalue weighted by Crippen LogP contribution is -1.91. The van der Waals surface area contributed by atoms with Crippen LogP contribution in [-0.4, -0.2) is 19.8 Å². The van der Waals surface area contributed by atoms with Gasteiger partial charge < -0.3 is 4.52 Å². The van der Waals surface area contributed by atoms with E-state index in [0.29, 0.717) is 0 Å². The zero-order chi connectivity index (χ0) is 15.8. The number of thiazole rings is 1. The van der Waals surface area contributed by atoms with Crippen LogP contribution >= 0.6 is 23.1 Å². The summed E-state index contributed by atoms with van der Waals surface area (Å²) in [5, 5.41) is 15.6. The molecule has 0 aliphatic rings. The Labute approximate surface area is 141 Å². The highest BCUT2D eigenvalue weighted by molar-refractivity contribution is 7.98. The monoisotopic (exact) mass is 342 g/mol. The molecule has 4 rings (SSSR count). The minimum atomic E-state index is 0.770. The Bertz CT molecular complexity index is 936. The maximum absolute atomic E-state index is 5.23. The second kappa shape index (κ2) is 5.82. The highest BCUT2D eigenvalue weighted by Crippen LogP contribution is 2.31. The largest absolute Gasteiger partial charge is 0.361 e. The fourth-order valence-corrected chi connectivity index (χ4v) is 4.44. The lowest BCUT2D eigenvalue weighted by Gasteiger charge is -2.03. The van der Waals surface area contributed by atoms with Gasteiger partial charge >= 0.3 is 0 Å². The molecule has 0 N–H and O–H groups in total. The Balaban J connectivity index is 1.70. The first-order valence-corrected chi connectivity index (χ1v) is 9.03. The van der Waals surface area contributed by atoms with Gasteiger partial charge in [-0.05, 0) is 19.4 Å². The van der Waals surface area contributed by atoms with E-state index in [1.165, 1.54) is 0 Å². The first-order chi connectivity index (χ1) is 11.2. The van der Waals surface area contributed by atoms with Gasteiger partial charge in [0.2, 0.25) is 4.96 Å². The Morgan fingerprint density at radius 3 is 2.74 bits per heavy atom. The molecular formula is C16H14N4OS2. The molecule has 23 heavy (non-hydrogen) atoms. The molecular weight excluding hydrogens is 328 g/mol. The van der Waals surface area contributed by atoms with Crippen LogP contribution < -0.4 is 0 Å². The molecule has 5 nitrogen and oxygen atoms in total. The van der Waals surface area contributed by atoms with E-state index in [9.17, 15) is 0 Å². The Morgan fingerprint density at radius 1 is 1.17 bits per heavy atom. The standard InChI is InChI=1S/C16H14N4OS2/c1-10-13(11(2)21-19-10)8-22-15-17-18-16-20(15)14(9-23-16)12-6-4-3-5-7-12/h3-7,9H,8H2,1-2H3. The lowest BCUT2D eigenvalue weighted by molar-refractivity contribution is 0.392. The first-order valence-electron chi connectivity index (χ1n) is 7.16. The number of nitrogens with zero attached hydrogens (tertiary/aromatic N) is 4. The average Bonchev–Trinajstić information content (AvgIpc) is 3.24. The number of aromatic nitrogens is 4. The van der Waals surface area contributed by atoms with E-state index < -0.39 is 0 Å². The SMILES string of the molecule is Cc1noc(C)c1CSc1nnc2scc(-c3ccccc3)n12. The van der Waals surface area contributed by atoms with Gasteiger partial charge in [0.05, 0.1) is 11.4 Å². The van der Waals surface area contributed by atoms with Crippen molar-refractivity contribution < 1.29 is 4.52 Å². The van der Waals surface area contributed by atoms with Crippen LogP contribution in [0.15, 0.2) is 45.4 Å². The van der Waals surface area contributed by atoms with Crippen molar-refractivity contribution in [2.45, 2.75) is 24.8 Å². The second-order valence-corrected chi connectivity index (χ2v) is 6.96. The quantitative estimate of drug-likeness (QED) is 0.516. The molecule has 0 amide bonds. The van der Waals surface area contributed by atoms with Gasteiger partial charge in [0.1, 0.15) is 5.76 Å². The molecule has 1 aromatic carbocycles. The minimum Gasteiger partial charge on any atom is -0.361 e. The van der Waals surface area contributed by atoms with Crippen LogP contribution in [0.25, 0.3) is 16.2 Å². The molecule has 0 aliphatic carbocycles. The van der Waals surface area contributed by atoms with E-state index in [1.807, 2.05) is 32.0 Å². The van der Waals surface area contributed by atoms with Crippen molar-refractivity contribution in [1.29, 1.82) is 0 Å². The van der Waals surface area contributed by atoms with Crippen LogP contribution in [0.4, 0.5) is 0 Å². The predicted octanol–water partition coefficient (Wildman–Crippen LogP) is 4.35. The number of fused-ring (bicyclic) bond motifs is 1. The molecule has 0 spiro atoms. The molecule has 0 unspecified atom stereocenters. The number of thioether (sulfide) groups is 1. The molecule has 0 saturated carbocycles. The second-order valence-electron chi connectivity index (χ2n) is 5.18. The Hall–Kier alpha value is -2.12. The van der Waals surface area contributed by atoms with Crippen molar-refractivity contribution in [2.75, 3.05) is 0 Å². The van der Waals surface area contributed by atoms with Crippen LogP contribution in [-0.2, 0) is 5.75 Å². The summed E-state index contributed by atoms with van der Waals surface area (Å²) in [7, 11) is 0. The van der Waals surface area contributed by atoms with Gasteiger partial charge in [-0.15, -0.1) is 21.5 Å². The van der Waals surface area contributed by atoms with Crippen LogP contribution in [0.5, 0.6) is 0 Å². The number of rotatable bonds is 4. The summed E-state index contributed by atoms with van der Waals surface area (Å²) in [5.41, 5.74) is 4.35. The zero-order valence-corrected chi connectivity index (χ0v) is 14.3. The Kier molecular flexibility index (Phi) is 3.66. The Morgan fingerprint density at radius 2 is 2.00 bits per heavy atom. The molecule has 116 valence electrons. The van der Waals surface area contributed by atoms with Crippen molar-refractivity contribution >= 4 is 28.1 Å². The average molecular weight is 342 g/mol. The third-order valence-electron chi connectivity index (χ3n) is 3.72. The van der Waals surface area contributed by atoms with Crippen LogP contribution in [0.2, 0.25) is 0 Å². The summed E-state index contributed by atoms with van der Waals surface area (Å²) in [6.07, 6.45) is 0. The van der Waals surface area contributed by atoms with Gasteiger partial charge in [-0.2, -0.15) is 0 Å². The maximum Gasteiger partial charge on any atom is 0.217 e. The zero-order valence-electron chi connectivity index (χ0n) is 12.7. The third-order valence-corrected chi connectivity index (χ3v) is 5.49. The summed E-state index contributed by atoms with van der Waals surface area (Å²) in [6, 6.07) is 10.3. The molecule has 3 aromatic heterocycles. The lowest BCUT2D eigenvalue weighted by atomic mass is 10.2. The van der Waals surface area contributed by atoms with Crippen LogP contribution in [0.1, 0.15) is 17.0 Å². The van der Waals surface area contributed by atoms with Crippen LogP contribution in [0, 0.1) is 13.8 Å². The predicted molar refractivity (Wildman–Crippen MR) is 91.8 cm³/mol. The van der Waals surface area contributed by atoms with E-state index in [0.717, 1.165) is 44.1 Å². The molecule has 0 atom stereocenters. The van der Waals surface area contributed by atoms with Gasteiger partial charge in [-0.3, -0.25) is 4.40 Å². The summed E-state index contributed by atoms with van der Waals surface area (Å²) in [4.78, 5) is 0.908. The van der Waals surface area contributed by atoms with Crippen molar-refractivity contribution in [2.24, 2.45) is 0 Å². The molecule has 3 heterocycles. The van der Waals surface area contributed by atoms with Gasteiger partial charge in [-0.1, -0.05) is 47.3 Å². The maximum atomic E-state index is 5.23. The highest BCUT2D eigenvalue weighted by atomic mass is 32.2. The number of aryl methyl sites for hydroxylation is 2. The fourth-order valence-electron chi connectivity index (χ4n) is 2.44.